The van der Waals surface area contributed by atoms with E-state index in [4.69, 9.17) is 22.3 Å². The Balaban J connectivity index is 2.23. The molecule has 0 unspecified atom stereocenters. The number of carbonyl (C=O) groups is 5. The van der Waals surface area contributed by atoms with Crippen molar-refractivity contribution < 1.29 is 29.1 Å². The maximum Gasteiger partial charge on any atom is 0.305 e. The number of guanidine groups is 1. The Labute approximate surface area is 214 Å². The third-order valence-corrected chi connectivity index (χ3v) is 6.65. The van der Waals surface area contributed by atoms with E-state index in [1.54, 1.807) is 5.38 Å². The van der Waals surface area contributed by atoms with Gasteiger partial charge in [0.1, 0.15) is 18.1 Å². The number of nitrogens with two attached hydrogens (primary N) is 3. The Kier molecular flexibility index (Phi) is 11.2. The molecular formula is C19H29N9O6S2. The maximum atomic E-state index is 12.8. The van der Waals surface area contributed by atoms with Crippen molar-refractivity contribution in [2.45, 2.75) is 43.1 Å². The second kappa shape index (κ2) is 14.1. The first-order valence-electron chi connectivity index (χ1n) is 10.8. The summed E-state index contributed by atoms with van der Waals surface area (Å²) in [7, 11) is 0. The molecule has 0 fully saturated rings. The van der Waals surface area contributed by atoms with Crippen LogP contribution in [0.4, 0.5) is 5.13 Å². The summed E-state index contributed by atoms with van der Waals surface area (Å²) in [5.74, 6) is -3.95. The minimum Gasteiger partial charge on any atom is -0.481 e. The van der Waals surface area contributed by atoms with Gasteiger partial charge >= 0.3 is 5.97 Å². The van der Waals surface area contributed by atoms with Gasteiger partial charge in [0, 0.05) is 23.4 Å². The average Bonchev–Trinajstić information content (AvgIpc) is 3.24. The van der Waals surface area contributed by atoms with Gasteiger partial charge in [0.15, 0.2) is 11.1 Å². The van der Waals surface area contributed by atoms with Crippen LogP contribution in [0, 0.1) is 0 Å². The molecule has 11 N–H and O–H groups in total. The highest BCUT2D eigenvalue weighted by atomic mass is 32.2. The molecule has 0 aromatic carbocycles. The molecule has 15 nitrogen and oxygen atoms in total. The summed E-state index contributed by atoms with van der Waals surface area (Å²) in [6.07, 6.45) is 0.0390. The molecular weight excluding hydrogens is 514 g/mol. The van der Waals surface area contributed by atoms with Gasteiger partial charge < -0.3 is 43.6 Å². The second-order valence-corrected chi connectivity index (χ2v) is 9.59. The molecule has 36 heavy (non-hydrogen) atoms. The Morgan fingerprint density at radius 1 is 1.11 bits per heavy atom. The number of thiazole rings is 1. The van der Waals surface area contributed by atoms with Crippen LogP contribution in [-0.4, -0.2) is 82.6 Å². The zero-order valence-electron chi connectivity index (χ0n) is 19.2. The van der Waals surface area contributed by atoms with Gasteiger partial charge in [-0.2, -0.15) is 11.8 Å². The summed E-state index contributed by atoms with van der Waals surface area (Å²) in [5.41, 5.74) is 16.7. The van der Waals surface area contributed by atoms with Crippen LogP contribution >= 0.6 is 23.1 Å². The van der Waals surface area contributed by atoms with E-state index in [1.807, 2.05) is 0 Å². The van der Waals surface area contributed by atoms with E-state index in [1.165, 1.54) is 23.1 Å². The lowest BCUT2D eigenvalue weighted by Crippen LogP contribution is -2.55. The molecule has 17 heteroatoms. The number of aliphatic imine (C=N–C) groups is 1. The van der Waals surface area contributed by atoms with Crippen molar-refractivity contribution >= 4 is 63.8 Å². The fraction of sp³-hybridized carbons (Fsp3) is 0.526. The van der Waals surface area contributed by atoms with E-state index in [2.05, 4.69) is 31.2 Å². The predicted molar refractivity (Wildman–Crippen MR) is 134 cm³/mol. The zero-order valence-corrected chi connectivity index (χ0v) is 20.8. The van der Waals surface area contributed by atoms with E-state index in [-0.39, 0.29) is 11.7 Å². The van der Waals surface area contributed by atoms with Crippen LogP contribution in [0.5, 0.6) is 0 Å². The minimum absolute atomic E-state index is 0.0708. The van der Waals surface area contributed by atoms with Crippen LogP contribution < -0.4 is 38.5 Å². The van der Waals surface area contributed by atoms with Crippen LogP contribution in [0.1, 0.15) is 25.0 Å². The lowest BCUT2D eigenvalue weighted by atomic mass is 10.1. The number of carboxylic acid groups (broad SMARTS) is 1. The average molecular weight is 544 g/mol. The lowest BCUT2D eigenvalue weighted by molar-refractivity contribution is -0.141. The third-order valence-electron chi connectivity index (χ3n) is 4.76. The van der Waals surface area contributed by atoms with Gasteiger partial charge in [0.2, 0.25) is 23.6 Å². The van der Waals surface area contributed by atoms with Crippen molar-refractivity contribution in [2.75, 3.05) is 24.2 Å². The zero-order chi connectivity index (χ0) is 26.7. The normalized spacial score (nSPS) is 21.7. The predicted octanol–water partition coefficient (Wildman–Crippen LogP) is -2.73. The molecule has 1 aromatic heterocycles. The summed E-state index contributed by atoms with van der Waals surface area (Å²) in [6, 6.07) is -3.35. The molecule has 1 aliphatic rings. The van der Waals surface area contributed by atoms with E-state index in [0.717, 1.165) is 0 Å². The summed E-state index contributed by atoms with van der Waals surface area (Å²) < 4.78 is 0. The molecule has 0 aliphatic carbocycles. The van der Waals surface area contributed by atoms with E-state index in [0.29, 0.717) is 36.0 Å². The van der Waals surface area contributed by atoms with E-state index >= 15 is 0 Å². The van der Waals surface area contributed by atoms with Crippen molar-refractivity contribution in [3.63, 3.8) is 0 Å². The van der Waals surface area contributed by atoms with Crippen LogP contribution in [-0.2, 0) is 29.7 Å². The number of anilines is 1. The number of rotatable bonds is 7. The summed E-state index contributed by atoms with van der Waals surface area (Å²) >= 11 is 2.55. The first-order chi connectivity index (χ1) is 17.0. The highest BCUT2D eigenvalue weighted by Crippen LogP contribution is 2.21. The fourth-order valence-electron chi connectivity index (χ4n) is 3.03. The van der Waals surface area contributed by atoms with Crippen LogP contribution in [0.2, 0.25) is 0 Å². The van der Waals surface area contributed by atoms with E-state index in [9.17, 15) is 24.0 Å². The number of hydrogen-bond acceptors (Lipinski definition) is 10. The Hall–Kier alpha value is -3.60. The van der Waals surface area contributed by atoms with Crippen molar-refractivity contribution in [1.29, 1.82) is 0 Å². The molecule has 2 rings (SSSR count). The minimum atomic E-state index is -1.48. The quantitative estimate of drug-likeness (QED) is 0.0994. The summed E-state index contributed by atoms with van der Waals surface area (Å²) in [5, 5.41) is 21.5. The molecule has 0 radical (unpaired) electrons. The summed E-state index contributed by atoms with van der Waals surface area (Å²) in [4.78, 5) is 69.2. The van der Waals surface area contributed by atoms with Gasteiger partial charge in [-0.05, 0) is 12.8 Å². The highest BCUT2D eigenvalue weighted by molar-refractivity contribution is 7.98. The Morgan fingerprint density at radius 3 is 2.53 bits per heavy atom. The Morgan fingerprint density at radius 2 is 1.86 bits per heavy atom. The lowest BCUT2D eigenvalue weighted by Gasteiger charge is -2.21. The molecule has 0 saturated heterocycles. The monoisotopic (exact) mass is 543 g/mol. The molecule has 4 amide bonds. The number of nitrogens with zero attached hydrogens (tertiary/aromatic N) is 2. The number of aromatic nitrogens is 1. The van der Waals surface area contributed by atoms with Crippen molar-refractivity contribution in [3.8, 4) is 0 Å². The van der Waals surface area contributed by atoms with Crippen LogP contribution in [0.25, 0.3) is 0 Å². The number of fused-ring (bicyclic) bond motifs is 2. The fourth-order valence-corrected chi connectivity index (χ4v) is 4.86. The maximum absolute atomic E-state index is 12.8. The molecule has 198 valence electrons. The number of amides is 4. The number of aliphatic carboxylic acids is 1. The van der Waals surface area contributed by atoms with E-state index < -0.39 is 60.7 Å². The number of thioether (sulfide) groups is 1. The molecule has 3 atom stereocenters. The molecule has 0 saturated carbocycles. The van der Waals surface area contributed by atoms with Gasteiger partial charge in [-0.1, -0.05) is 0 Å². The number of nitrogens with one attached hydrogen (secondary N) is 4. The molecule has 1 aromatic rings. The van der Waals surface area contributed by atoms with Crippen LogP contribution in [0.15, 0.2) is 10.4 Å². The second-order valence-electron chi connectivity index (χ2n) is 7.70. The number of carboxylic acids is 1. The number of carbonyl (C=O) groups excluding carboxylic acids is 4. The standard InChI is InChI=1S/C19H29N9O6S2/c20-15(32)12-8-35-6-9-7-36-19(25-9)28-10(2-1-3-23-18(21)22)16(33)24-5-13(29)26-11(4-14(30)31)17(34)27-12/h7,10-12H,1-6,8H2,(H2,20,32)(H,24,33)(H,25,28)(H,26,29)(H,27,34)(H,30,31)(H4,21,22,23)/t10-,11-,12-/m0/s1. The Bertz CT molecular complexity index is 998. The topological polar surface area (TPSA) is 257 Å². The van der Waals surface area contributed by atoms with Gasteiger partial charge in [0.05, 0.1) is 18.7 Å². The van der Waals surface area contributed by atoms with Crippen molar-refractivity contribution in [3.05, 3.63) is 11.1 Å². The number of hydrogen-bond donors (Lipinski definition) is 8. The number of primary amides is 1. The van der Waals surface area contributed by atoms with Gasteiger partial charge in [-0.25, -0.2) is 4.98 Å². The van der Waals surface area contributed by atoms with Crippen molar-refractivity contribution in [1.82, 2.24) is 20.9 Å². The smallest absolute Gasteiger partial charge is 0.305 e. The first kappa shape index (κ1) is 28.6. The molecule has 0 spiro atoms. The SMILES string of the molecule is NC(=O)[C@@H]1CSCc2csc(n2)N[C@@H](CCCN=C(N)N)C(=O)NCC(=O)N[C@@H](CC(=O)O)C(=O)N1. The third kappa shape index (κ3) is 9.95. The van der Waals surface area contributed by atoms with Crippen LogP contribution in [0.3, 0.4) is 0 Å². The van der Waals surface area contributed by atoms with Gasteiger partial charge in [-0.3, -0.25) is 29.0 Å². The largest absolute Gasteiger partial charge is 0.481 e. The highest BCUT2D eigenvalue weighted by Gasteiger charge is 2.28. The summed E-state index contributed by atoms with van der Waals surface area (Å²) in [6.45, 7) is -0.229. The molecule has 2 heterocycles. The van der Waals surface area contributed by atoms with Gasteiger partial charge in [0.25, 0.3) is 0 Å². The first-order valence-corrected chi connectivity index (χ1v) is 12.8. The molecule has 1 aliphatic heterocycles. The van der Waals surface area contributed by atoms with Crippen molar-refractivity contribution in [2.24, 2.45) is 22.2 Å². The molecule has 2 bridgehead atoms. The van der Waals surface area contributed by atoms with Gasteiger partial charge in [-0.15, -0.1) is 11.3 Å².